The molecule has 2 bridgehead atoms. The van der Waals surface area contributed by atoms with Gasteiger partial charge in [0.1, 0.15) is 11.8 Å². The van der Waals surface area contributed by atoms with Gasteiger partial charge < -0.3 is 30.4 Å². The smallest absolute Gasteiger partial charge is 0.262 e. The van der Waals surface area contributed by atoms with E-state index in [1.165, 1.54) is 0 Å². The quantitative estimate of drug-likeness (QED) is 0.257. The number of phenolic OH excluding ortho intramolecular Hbond substituents is 1. The minimum atomic E-state index is -0.971. The third-order valence-corrected chi connectivity index (χ3v) is 14.4. The highest BCUT2D eigenvalue weighted by Gasteiger charge is 2.54. The van der Waals surface area contributed by atoms with Gasteiger partial charge >= 0.3 is 0 Å². The number of anilines is 3. The van der Waals surface area contributed by atoms with Crippen molar-refractivity contribution in [2.75, 3.05) is 60.9 Å². The molecule has 15 heteroatoms. The van der Waals surface area contributed by atoms with Crippen molar-refractivity contribution < 1.29 is 29.1 Å². The second-order valence-electron chi connectivity index (χ2n) is 17.5. The number of nitrogens with zero attached hydrogens (tertiary/aromatic N) is 6. The number of amides is 5. The Hall–Kier alpha value is -5.57. The molecule has 11 rings (SSSR count). The highest BCUT2D eigenvalue weighted by molar-refractivity contribution is 6.23. The predicted octanol–water partition coefficient (Wildman–Crippen LogP) is 3.29. The molecule has 3 aromatic rings. The number of nitrogens with one attached hydrogen (secondary N) is 3. The number of para-hydroxylation sites is 1. The Morgan fingerprint density at radius 3 is 2.36 bits per heavy atom. The Labute approximate surface area is 336 Å². The van der Waals surface area contributed by atoms with Gasteiger partial charge in [0.2, 0.25) is 17.7 Å². The number of benzene rings is 2. The van der Waals surface area contributed by atoms with Crippen LogP contribution in [0, 0.1) is 11.3 Å². The first-order valence-corrected chi connectivity index (χ1v) is 20.9. The van der Waals surface area contributed by atoms with Gasteiger partial charge in [0.25, 0.3) is 11.8 Å². The van der Waals surface area contributed by atoms with Crippen molar-refractivity contribution in [3.05, 3.63) is 59.7 Å². The fraction of sp³-hybridized carbons (Fsp3) is 0.512. The molecule has 2 atom stereocenters. The highest BCUT2D eigenvalue weighted by Crippen LogP contribution is 2.53. The summed E-state index contributed by atoms with van der Waals surface area (Å²) >= 11 is 0. The second kappa shape index (κ2) is 14.1. The lowest BCUT2D eigenvalue weighted by Gasteiger charge is -2.55. The molecule has 3 aliphatic carbocycles. The average Bonchev–Trinajstić information content (AvgIpc) is 3.50. The summed E-state index contributed by atoms with van der Waals surface area (Å²) in [4.78, 5) is 72.8. The SMILES string of the molecule is O=C1CCC(N2C(=O)c3ccc(N4CCC(CNC56CCC(C(=O)N7CCN8c9cc(-c%10ccccc%10O)nnc9NC[C@H]8C7)(CC5)CC6)CC4)cc3C2=O)C(=O)N1. The van der Waals surface area contributed by atoms with Crippen molar-refractivity contribution in [3.63, 3.8) is 0 Å². The maximum atomic E-state index is 14.3. The number of aromatic hydroxyl groups is 1. The van der Waals surface area contributed by atoms with Crippen LogP contribution in [0.15, 0.2) is 48.5 Å². The molecule has 0 spiro atoms. The molecule has 3 saturated carbocycles. The lowest BCUT2D eigenvalue weighted by Crippen LogP contribution is -2.64. The standard InChI is InChI=1S/C43H49N9O6/c53-35-4-2-1-3-30(35)32-22-34-37(48-47-32)44-24-28-25-50(19-20-51(28)34)41(58)42-11-14-43(15-12-42,16-13-42)45-23-26-9-17-49(18-10-26)27-5-6-29-31(21-27)40(57)52(39(29)56)33-7-8-36(54)46-38(33)55/h1-6,21-22,26,28,33,45,53H,7-20,23-25H2,(H,44,48)(H,46,54,55)/t28-,33?,42?,43?/m0/s1. The Kier molecular flexibility index (Phi) is 8.91. The number of imide groups is 2. The van der Waals surface area contributed by atoms with Gasteiger partial charge in [-0.1, -0.05) is 12.1 Å². The van der Waals surface area contributed by atoms with E-state index in [1.807, 2.05) is 24.3 Å². The molecule has 4 N–H and O–H groups in total. The van der Waals surface area contributed by atoms with Crippen molar-refractivity contribution in [3.8, 4) is 17.0 Å². The molecule has 8 aliphatic rings. The van der Waals surface area contributed by atoms with Crippen LogP contribution in [0.2, 0.25) is 0 Å². The lowest BCUT2D eigenvalue weighted by atomic mass is 9.56. The topological polar surface area (TPSA) is 180 Å². The molecule has 302 valence electrons. The number of hydrogen-bond donors (Lipinski definition) is 4. The second-order valence-corrected chi connectivity index (χ2v) is 17.5. The monoisotopic (exact) mass is 787 g/mol. The van der Waals surface area contributed by atoms with E-state index in [2.05, 4.69) is 40.8 Å². The number of piperazine rings is 1. The van der Waals surface area contributed by atoms with Crippen molar-refractivity contribution in [1.82, 2.24) is 30.6 Å². The Morgan fingerprint density at radius 2 is 1.60 bits per heavy atom. The summed E-state index contributed by atoms with van der Waals surface area (Å²) in [5, 5.41) is 28.9. The third kappa shape index (κ3) is 6.16. The molecule has 6 heterocycles. The zero-order chi connectivity index (χ0) is 39.8. The van der Waals surface area contributed by atoms with Gasteiger partial charge in [0.05, 0.1) is 28.6 Å². The number of fused-ring (bicyclic) bond motifs is 7. The van der Waals surface area contributed by atoms with E-state index in [-0.39, 0.29) is 41.5 Å². The van der Waals surface area contributed by atoms with Crippen LogP contribution in [0.1, 0.15) is 84.9 Å². The number of carbonyl (C=O) groups is 5. The maximum Gasteiger partial charge on any atom is 0.262 e. The Balaban J connectivity index is 0.712. The van der Waals surface area contributed by atoms with Crippen LogP contribution >= 0.6 is 0 Å². The summed E-state index contributed by atoms with van der Waals surface area (Å²) < 4.78 is 0. The van der Waals surface area contributed by atoms with E-state index in [1.54, 1.807) is 24.3 Å². The van der Waals surface area contributed by atoms with E-state index in [4.69, 9.17) is 0 Å². The molecule has 3 saturated heterocycles. The minimum absolute atomic E-state index is 0.0854. The van der Waals surface area contributed by atoms with E-state index < -0.39 is 23.8 Å². The summed E-state index contributed by atoms with van der Waals surface area (Å²) in [6.45, 7) is 5.40. The predicted molar refractivity (Wildman–Crippen MR) is 214 cm³/mol. The van der Waals surface area contributed by atoms with E-state index >= 15 is 0 Å². The first-order valence-electron chi connectivity index (χ1n) is 20.9. The minimum Gasteiger partial charge on any atom is -0.507 e. The van der Waals surface area contributed by atoms with Crippen molar-refractivity contribution >= 4 is 46.7 Å². The summed E-state index contributed by atoms with van der Waals surface area (Å²) in [5.41, 5.74) is 3.55. The molecule has 58 heavy (non-hydrogen) atoms. The number of carbonyl (C=O) groups excluding carboxylic acids is 5. The van der Waals surface area contributed by atoms with Crippen LogP contribution in [0.25, 0.3) is 11.3 Å². The zero-order valence-electron chi connectivity index (χ0n) is 32.5. The number of piperidine rings is 2. The van der Waals surface area contributed by atoms with Crippen LogP contribution < -0.4 is 25.8 Å². The van der Waals surface area contributed by atoms with Crippen LogP contribution in [-0.4, -0.2) is 118 Å². The summed E-state index contributed by atoms with van der Waals surface area (Å²) in [6, 6.07) is 13.7. The number of phenols is 1. The van der Waals surface area contributed by atoms with Gasteiger partial charge in [-0.25, -0.2) is 0 Å². The van der Waals surface area contributed by atoms with Crippen molar-refractivity contribution in [1.29, 1.82) is 0 Å². The maximum absolute atomic E-state index is 14.3. The van der Waals surface area contributed by atoms with Gasteiger partial charge in [-0.2, -0.15) is 0 Å². The van der Waals surface area contributed by atoms with E-state index in [9.17, 15) is 29.1 Å². The number of hydrogen-bond acceptors (Lipinski definition) is 12. The highest BCUT2D eigenvalue weighted by atomic mass is 16.3. The number of aromatic nitrogens is 2. The van der Waals surface area contributed by atoms with Gasteiger partial charge in [-0.3, -0.25) is 34.2 Å². The van der Waals surface area contributed by atoms with Gasteiger partial charge in [-0.15, -0.1) is 10.2 Å². The van der Waals surface area contributed by atoms with Gasteiger partial charge in [0, 0.05) is 67.9 Å². The average molecular weight is 788 g/mol. The lowest BCUT2D eigenvalue weighted by molar-refractivity contribution is -0.150. The fourth-order valence-corrected chi connectivity index (χ4v) is 10.8. The molecule has 5 amide bonds. The summed E-state index contributed by atoms with van der Waals surface area (Å²) in [6.07, 6.45) is 8.05. The summed E-state index contributed by atoms with van der Waals surface area (Å²) in [7, 11) is 0. The van der Waals surface area contributed by atoms with Gasteiger partial charge in [-0.05, 0) is 107 Å². The molecular formula is C43H49N9O6. The van der Waals surface area contributed by atoms with Crippen LogP contribution in [0.3, 0.4) is 0 Å². The van der Waals surface area contributed by atoms with E-state index in [0.29, 0.717) is 53.8 Å². The molecule has 0 radical (unpaired) electrons. The van der Waals surface area contributed by atoms with Crippen LogP contribution in [0.4, 0.5) is 17.2 Å². The Bertz CT molecular complexity index is 2200. The first kappa shape index (κ1) is 36.7. The molecule has 6 fully saturated rings. The first-order chi connectivity index (χ1) is 28.1. The van der Waals surface area contributed by atoms with Gasteiger partial charge in [0.15, 0.2) is 5.82 Å². The van der Waals surface area contributed by atoms with E-state index in [0.717, 1.165) is 99.6 Å². The molecule has 2 aromatic carbocycles. The zero-order valence-corrected chi connectivity index (χ0v) is 32.5. The largest absolute Gasteiger partial charge is 0.507 e. The molecule has 1 aromatic heterocycles. The molecular weight excluding hydrogens is 739 g/mol. The molecule has 1 unspecified atom stereocenters. The van der Waals surface area contributed by atoms with Crippen molar-refractivity contribution in [2.24, 2.45) is 11.3 Å². The fourth-order valence-electron chi connectivity index (χ4n) is 10.8. The Morgan fingerprint density at radius 1 is 0.845 bits per heavy atom. The van der Waals surface area contributed by atoms with Crippen LogP contribution in [-0.2, 0) is 14.4 Å². The van der Waals surface area contributed by atoms with Crippen LogP contribution in [0.5, 0.6) is 5.75 Å². The third-order valence-electron chi connectivity index (χ3n) is 14.4. The summed E-state index contributed by atoms with van der Waals surface area (Å²) in [5.74, 6) is -0.208. The molecule has 15 nitrogen and oxygen atoms in total. The normalized spacial score (nSPS) is 28.2. The van der Waals surface area contributed by atoms with Crippen molar-refractivity contribution in [2.45, 2.75) is 81.8 Å². The number of rotatable bonds is 7. The molecule has 5 aliphatic heterocycles.